The first-order chi connectivity index (χ1) is 12.9. The highest BCUT2D eigenvalue weighted by atomic mass is 19.4. The molecule has 1 aromatic heterocycles. The van der Waals surface area contributed by atoms with Crippen molar-refractivity contribution >= 4 is 5.91 Å². The molecule has 7 heteroatoms. The zero-order chi connectivity index (χ0) is 19.3. The van der Waals surface area contributed by atoms with E-state index in [1.807, 2.05) is 0 Å². The van der Waals surface area contributed by atoms with Crippen LogP contribution in [-0.2, 0) is 12.7 Å². The zero-order valence-electron chi connectivity index (χ0n) is 14.0. The predicted octanol–water partition coefficient (Wildman–Crippen LogP) is 4.82. The number of nitrogens with zero attached hydrogens (tertiary/aromatic N) is 1. The standard InChI is InChI=1S/C20H15F3N2O2/c21-20(22,23)17-5-1-2-6-18(17)27-16-9-7-14(8-10-16)12-25-19(26)15-4-3-11-24-13-15/h1-11,13H,12H2,(H,25,26). The minimum atomic E-state index is -4.49. The number of aromatic nitrogens is 1. The van der Waals surface area contributed by atoms with Crippen molar-refractivity contribution < 1.29 is 22.7 Å². The largest absolute Gasteiger partial charge is 0.457 e. The van der Waals surface area contributed by atoms with Gasteiger partial charge in [0.05, 0.1) is 11.1 Å². The second kappa shape index (κ2) is 7.90. The highest BCUT2D eigenvalue weighted by Gasteiger charge is 2.34. The van der Waals surface area contributed by atoms with Gasteiger partial charge in [0.1, 0.15) is 11.5 Å². The lowest BCUT2D eigenvalue weighted by molar-refractivity contribution is -0.138. The molecule has 3 rings (SSSR count). The molecule has 1 heterocycles. The second-order valence-corrected chi connectivity index (χ2v) is 5.66. The Balaban J connectivity index is 1.64. The molecular formula is C20H15F3N2O2. The summed E-state index contributed by atoms with van der Waals surface area (Å²) in [5, 5.41) is 2.74. The Labute approximate surface area is 153 Å². The van der Waals surface area contributed by atoms with Crippen molar-refractivity contribution in [3.8, 4) is 11.5 Å². The van der Waals surface area contributed by atoms with Gasteiger partial charge in [0.25, 0.3) is 5.91 Å². The maximum atomic E-state index is 13.0. The van der Waals surface area contributed by atoms with Crippen molar-refractivity contribution in [3.63, 3.8) is 0 Å². The fourth-order valence-corrected chi connectivity index (χ4v) is 2.37. The van der Waals surface area contributed by atoms with Gasteiger partial charge in [-0.15, -0.1) is 0 Å². The summed E-state index contributed by atoms with van der Waals surface area (Å²) in [7, 11) is 0. The number of amides is 1. The Morgan fingerprint density at radius 1 is 1.00 bits per heavy atom. The Morgan fingerprint density at radius 2 is 1.74 bits per heavy atom. The third kappa shape index (κ3) is 4.84. The van der Waals surface area contributed by atoms with Gasteiger partial charge in [-0.25, -0.2) is 0 Å². The van der Waals surface area contributed by atoms with Crippen LogP contribution in [0.1, 0.15) is 21.5 Å². The number of nitrogens with one attached hydrogen (secondary N) is 1. The molecule has 1 N–H and O–H groups in total. The number of halogens is 3. The number of carbonyl (C=O) groups is 1. The van der Waals surface area contributed by atoms with E-state index in [0.717, 1.165) is 11.6 Å². The van der Waals surface area contributed by atoms with E-state index >= 15 is 0 Å². The lowest BCUT2D eigenvalue weighted by Gasteiger charge is -2.13. The van der Waals surface area contributed by atoms with Gasteiger partial charge >= 0.3 is 6.18 Å². The smallest absolute Gasteiger partial charge is 0.419 e. The van der Waals surface area contributed by atoms with Gasteiger partial charge in [0, 0.05) is 18.9 Å². The van der Waals surface area contributed by atoms with E-state index in [0.29, 0.717) is 5.56 Å². The number of alkyl halides is 3. The molecule has 0 radical (unpaired) electrons. The Hall–Kier alpha value is -3.35. The number of ether oxygens (including phenoxy) is 1. The van der Waals surface area contributed by atoms with Crippen molar-refractivity contribution in [2.75, 3.05) is 0 Å². The van der Waals surface area contributed by atoms with Crippen molar-refractivity contribution in [2.45, 2.75) is 12.7 Å². The van der Waals surface area contributed by atoms with Crippen LogP contribution >= 0.6 is 0 Å². The van der Waals surface area contributed by atoms with E-state index in [2.05, 4.69) is 10.3 Å². The van der Waals surface area contributed by atoms with Crippen LogP contribution in [-0.4, -0.2) is 10.9 Å². The summed E-state index contributed by atoms with van der Waals surface area (Å²) in [6, 6.07) is 14.8. The van der Waals surface area contributed by atoms with Gasteiger partial charge in [-0.1, -0.05) is 24.3 Å². The molecular weight excluding hydrogens is 357 g/mol. The molecule has 0 bridgehead atoms. The summed E-state index contributed by atoms with van der Waals surface area (Å²) < 4.78 is 44.4. The molecule has 0 aliphatic rings. The zero-order valence-corrected chi connectivity index (χ0v) is 14.0. The van der Waals surface area contributed by atoms with Crippen LogP contribution in [0.4, 0.5) is 13.2 Å². The van der Waals surface area contributed by atoms with Crippen LogP contribution < -0.4 is 10.1 Å². The monoisotopic (exact) mass is 372 g/mol. The Morgan fingerprint density at radius 3 is 2.41 bits per heavy atom. The average molecular weight is 372 g/mol. The predicted molar refractivity (Wildman–Crippen MR) is 93.4 cm³/mol. The number of para-hydroxylation sites is 1. The summed E-state index contributed by atoms with van der Waals surface area (Å²) in [6.45, 7) is 0.271. The third-order valence-corrected chi connectivity index (χ3v) is 3.72. The molecule has 0 saturated carbocycles. The lowest BCUT2D eigenvalue weighted by Crippen LogP contribution is -2.22. The van der Waals surface area contributed by atoms with Gasteiger partial charge in [-0.2, -0.15) is 13.2 Å². The molecule has 0 fully saturated rings. The molecule has 138 valence electrons. The molecule has 0 aliphatic heterocycles. The van der Waals surface area contributed by atoms with Crippen LogP contribution in [0.2, 0.25) is 0 Å². The lowest BCUT2D eigenvalue weighted by atomic mass is 10.2. The first-order valence-electron chi connectivity index (χ1n) is 8.05. The van der Waals surface area contributed by atoms with Crippen molar-refractivity contribution in [1.29, 1.82) is 0 Å². The van der Waals surface area contributed by atoms with Crippen LogP contribution in [0.25, 0.3) is 0 Å². The van der Waals surface area contributed by atoms with E-state index < -0.39 is 11.7 Å². The minimum Gasteiger partial charge on any atom is -0.457 e. The number of pyridine rings is 1. The van der Waals surface area contributed by atoms with E-state index in [-0.39, 0.29) is 24.0 Å². The fraction of sp³-hybridized carbons (Fsp3) is 0.100. The van der Waals surface area contributed by atoms with Gasteiger partial charge in [0.2, 0.25) is 0 Å². The SMILES string of the molecule is O=C(NCc1ccc(Oc2ccccc2C(F)(F)F)cc1)c1cccnc1. The summed E-state index contributed by atoms with van der Waals surface area (Å²) in [5.41, 5.74) is 0.391. The molecule has 0 aliphatic carbocycles. The van der Waals surface area contributed by atoms with Crippen LogP contribution in [0.3, 0.4) is 0 Å². The molecule has 0 spiro atoms. The van der Waals surface area contributed by atoms with E-state index in [1.165, 1.54) is 24.4 Å². The maximum absolute atomic E-state index is 13.0. The first-order valence-corrected chi connectivity index (χ1v) is 8.05. The average Bonchev–Trinajstić information content (AvgIpc) is 2.67. The van der Waals surface area contributed by atoms with E-state index in [4.69, 9.17) is 4.74 Å². The van der Waals surface area contributed by atoms with E-state index in [9.17, 15) is 18.0 Å². The van der Waals surface area contributed by atoms with Gasteiger partial charge in [-0.05, 0) is 42.0 Å². The van der Waals surface area contributed by atoms with Gasteiger partial charge in [-0.3, -0.25) is 9.78 Å². The number of benzene rings is 2. The maximum Gasteiger partial charge on any atom is 0.419 e. The highest BCUT2D eigenvalue weighted by molar-refractivity contribution is 5.93. The Kier molecular flexibility index (Phi) is 5.40. The van der Waals surface area contributed by atoms with E-state index in [1.54, 1.807) is 42.6 Å². The number of hydrogen-bond acceptors (Lipinski definition) is 3. The summed E-state index contributed by atoms with van der Waals surface area (Å²) in [6.07, 6.45) is -1.45. The van der Waals surface area contributed by atoms with Crippen LogP contribution in [0.15, 0.2) is 73.1 Å². The number of hydrogen-bond donors (Lipinski definition) is 1. The summed E-state index contributed by atoms with van der Waals surface area (Å²) in [4.78, 5) is 15.9. The second-order valence-electron chi connectivity index (χ2n) is 5.66. The number of carbonyl (C=O) groups excluding carboxylic acids is 1. The molecule has 0 unspecified atom stereocenters. The van der Waals surface area contributed by atoms with Crippen molar-refractivity contribution in [1.82, 2.24) is 10.3 Å². The van der Waals surface area contributed by atoms with Crippen molar-refractivity contribution in [3.05, 3.63) is 89.7 Å². The number of rotatable bonds is 5. The minimum absolute atomic E-state index is 0.261. The molecule has 4 nitrogen and oxygen atoms in total. The molecule has 2 aromatic carbocycles. The normalized spacial score (nSPS) is 11.1. The fourth-order valence-electron chi connectivity index (χ4n) is 2.37. The quantitative estimate of drug-likeness (QED) is 0.698. The first kappa shape index (κ1) is 18.4. The molecule has 27 heavy (non-hydrogen) atoms. The van der Waals surface area contributed by atoms with Gasteiger partial charge in [0.15, 0.2) is 0 Å². The third-order valence-electron chi connectivity index (χ3n) is 3.72. The summed E-state index contributed by atoms with van der Waals surface area (Å²) >= 11 is 0. The van der Waals surface area contributed by atoms with Crippen LogP contribution in [0, 0.1) is 0 Å². The van der Waals surface area contributed by atoms with Gasteiger partial charge < -0.3 is 10.1 Å². The highest BCUT2D eigenvalue weighted by Crippen LogP contribution is 2.37. The van der Waals surface area contributed by atoms with Crippen molar-refractivity contribution in [2.24, 2.45) is 0 Å². The molecule has 3 aromatic rings. The van der Waals surface area contributed by atoms with Crippen LogP contribution in [0.5, 0.6) is 11.5 Å². The molecule has 1 amide bonds. The Bertz CT molecular complexity index is 911. The topological polar surface area (TPSA) is 51.2 Å². The summed E-state index contributed by atoms with van der Waals surface area (Å²) in [5.74, 6) is -0.251. The molecule has 0 atom stereocenters. The molecule has 0 saturated heterocycles.